The van der Waals surface area contributed by atoms with Crippen LogP contribution in [-0.2, 0) is 9.39 Å². The molecule has 24 heavy (non-hydrogen) atoms. The van der Waals surface area contributed by atoms with E-state index in [-0.39, 0.29) is 18.9 Å². The van der Waals surface area contributed by atoms with Gasteiger partial charge in [-0.2, -0.15) is 0 Å². The van der Waals surface area contributed by atoms with Gasteiger partial charge in [-0.1, -0.05) is 7.43 Å². The van der Waals surface area contributed by atoms with Crippen molar-refractivity contribution in [2.24, 2.45) is 0 Å². The third kappa shape index (κ3) is 7.63. The number of rotatable bonds is 3. The molecule has 0 N–H and O–H groups in total. The van der Waals surface area contributed by atoms with Crippen LogP contribution in [0.15, 0.2) is 29.5 Å². The van der Waals surface area contributed by atoms with E-state index in [0.717, 1.165) is 4.47 Å². The van der Waals surface area contributed by atoms with Crippen LogP contribution >= 0.6 is 15.9 Å². The molecule has 0 aromatic carbocycles. The van der Waals surface area contributed by atoms with Crippen LogP contribution in [-0.4, -0.2) is 47.2 Å². The van der Waals surface area contributed by atoms with E-state index < -0.39 is 5.97 Å². The molecule has 0 bridgehead atoms. The van der Waals surface area contributed by atoms with Gasteiger partial charge in [0, 0.05) is 12.4 Å². The predicted octanol–water partition coefficient (Wildman–Crippen LogP) is 2.12. The van der Waals surface area contributed by atoms with Crippen molar-refractivity contribution in [3.63, 3.8) is 0 Å². The van der Waals surface area contributed by atoms with E-state index >= 15 is 0 Å². The Kier molecular flexibility index (Phi) is 13.9. The van der Waals surface area contributed by atoms with Crippen molar-refractivity contribution in [1.29, 1.82) is 0 Å². The van der Waals surface area contributed by atoms with Gasteiger partial charge in [0.25, 0.3) is 0 Å². The van der Waals surface area contributed by atoms with Gasteiger partial charge >= 0.3 is 17.3 Å². The van der Waals surface area contributed by atoms with Crippen molar-refractivity contribution in [2.75, 3.05) is 21.3 Å². The summed E-state index contributed by atoms with van der Waals surface area (Å²) in [5.41, 5.74) is 0.225. The summed E-state index contributed by atoms with van der Waals surface area (Å²) < 4.78 is 22.4. The van der Waals surface area contributed by atoms with Crippen molar-refractivity contribution >= 4 is 21.9 Å². The predicted molar refractivity (Wildman–Crippen MR) is 86.9 cm³/mol. The first-order chi connectivity index (χ1) is 11.1. The minimum absolute atomic E-state index is 0. The molecule has 0 fully saturated rings. The summed E-state index contributed by atoms with van der Waals surface area (Å²) in [5, 5.41) is 0. The summed E-state index contributed by atoms with van der Waals surface area (Å²) in [6.07, 6.45) is 5.71. The number of carbonyl (C=O) groups excluding carboxylic acids is 1. The number of esters is 1. The van der Waals surface area contributed by atoms with Crippen molar-refractivity contribution in [1.82, 2.24) is 19.9 Å². The second kappa shape index (κ2) is 14.1. The van der Waals surface area contributed by atoms with Gasteiger partial charge in [0.2, 0.25) is 11.8 Å². The van der Waals surface area contributed by atoms with E-state index in [9.17, 15) is 4.79 Å². The van der Waals surface area contributed by atoms with Crippen LogP contribution < -0.4 is 9.47 Å². The number of nitrogens with zero attached hydrogens (tertiary/aromatic N) is 4. The molecule has 0 saturated heterocycles. The average molecular weight is 401 g/mol. The molecule has 10 heteroatoms. The normalized spacial score (nSPS) is 8.08. The number of hydrogen-bond donors (Lipinski definition) is 0. The number of ether oxygens (including phenoxy) is 3. The first kappa shape index (κ1) is 23.7. The molecule has 2 heterocycles. The quantitative estimate of drug-likeness (QED) is 0.436. The Morgan fingerprint density at radius 3 is 1.96 bits per heavy atom. The van der Waals surface area contributed by atoms with Crippen LogP contribution in [0.1, 0.15) is 17.8 Å². The van der Waals surface area contributed by atoms with E-state index in [1.165, 1.54) is 33.1 Å². The van der Waals surface area contributed by atoms with Gasteiger partial charge in [0.15, 0.2) is 0 Å². The standard InChI is InChI=1S/C7H8N2O3.C5H5BrN2O.CO.CH4/c1-11-6-5(7(10)12-2)3-8-4-9-6;1-9-5-4(6)2-7-3-8-5;1-2;/h3-4H,1-2H3;2-3H,1H3;;1H4. The Bertz CT molecular complexity index is 639. The third-order valence-electron chi connectivity index (χ3n) is 2.10. The SMILES string of the molecule is C.COC(=O)c1cncnc1OC.COc1ncncc1Br.[C-]#[O+]. The Balaban J connectivity index is 0. The fourth-order valence-corrected chi connectivity index (χ4v) is 1.57. The van der Waals surface area contributed by atoms with Gasteiger partial charge in [-0.3, -0.25) is 0 Å². The molecular weight excluding hydrogens is 384 g/mol. The number of carbonyl (C=O) groups is 1. The first-order valence-electron chi connectivity index (χ1n) is 5.76. The average Bonchev–Trinajstić information content (AvgIpc) is 2.63. The molecule has 0 aliphatic heterocycles. The Morgan fingerprint density at radius 1 is 1.04 bits per heavy atom. The fraction of sp³-hybridized carbons (Fsp3) is 0.286. The van der Waals surface area contributed by atoms with Gasteiger partial charge < -0.3 is 14.2 Å². The van der Waals surface area contributed by atoms with E-state index in [2.05, 4.69) is 47.3 Å². The molecule has 2 rings (SSSR count). The second-order valence-electron chi connectivity index (χ2n) is 3.32. The van der Waals surface area contributed by atoms with E-state index in [0.29, 0.717) is 5.88 Å². The third-order valence-corrected chi connectivity index (χ3v) is 2.65. The van der Waals surface area contributed by atoms with Crippen LogP contribution in [0.3, 0.4) is 0 Å². The molecule has 0 radical (unpaired) electrons. The number of methoxy groups -OCH3 is 3. The van der Waals surface area contributed by atoms with Crippen LogP contribution in [0.4, 0.5) is 0 Å². The monoisotopic (exact) mass is 400 g/mol. The summed E-state index contributed by atoms with van der Waals surface area (Å²) in [6, 6.07) is 0. The minimum atomic E-state index is -0.507. The van der Waals surface area contributed by atoms with E-state index in [1.54, 1.807) is 13.3 Å². The zero-order valence-corrected chi connectivity index (χ0v) is 14.1. The van der Waals surface area contributed by atoms with Crippen LogP contribution in [0.2, 0.25) is 0 Å². The second-order valence-corrected chi connectivity index (χ2v) is 4.17. The Labute approximate surface area is 148 Å². The van der Waals surface area contributed by atoms with Crippen LogP contribution in [0, 0.1) is 6.65 Å². The van der Waals surface area contributed by atoms with Gasteiger partial charge in [-0.25, -0.2) is 24.7 Å². The number of halogens is 1. The molecule has 0 spiro atoms. The molecular formula is C14H17BrN4O5. The van der Waals surface area contributed by atoms with Gasteiger partial charge in [0.1, 0.15) is 18.2 Å². The van der Waals surface area contributed by atoms with Crippen LogP contribution in [0.25, 0.3) is 0 Å². The zero-order valence-electron chi connectivity index (χ0n) is 12.5. The molecule has 0 saturated carbocycles. The maximum atomic E-state index is 11.0. The summed E-state index contributed by atoms with van der Waals surface area (Å²) in [6.45, 7) is 4.50. The first-order valence-corrected chi connectivity index (χ1v) is 6.55. The van der Waals surface area contributed by atoms with Crippen molar-refractivity contribution in [3.05, 3.63) is 41.7 Å². The van der Waals surface area contributed by atoms with E-state index in [4.69, 9.17) is 14.1 Å². The summed E-state index contributed by atoms with van der Waals surface area (Å²) in [7, 11) is 4.27. The molecule has 0 atom stereocenters. The van der Waals surface area contributed by atoms with Crippen molar-refractivity contribution in [3.8, 4) is 11.8 Å². The number of aromatic nitrogens is 4. The number of hydrogen-bond acceptors (Lipinski definition) is 8. The fourth-order valence-electron chi connectivity index (χ4n) is 1.18. The Morgan fingerprint density at radius 2 is 1.54 bits per heavy atom. The zero-order chi connectivity index (χ0) is 17.7. The van der Waals surface area contributed by atoms with Gasteiger partial charge in [-0.05, 0) is 15.9 Å². The molecule has 2 aromatic heterocycles. The van der Waals surface area contributed by atoms with Crippen molar-refractivity contribution in [2.45, 2.75) is 7.43 Å². The van der Waals surface area contributed by atoms with Crippen molar-refractivity contribution < 1.29 is 23.7 Å². The molecule has 9 nitrogen and oxygen atoms in total. The van der Waals surface area contributed by atoms with Gasteiger partial charge in [-0.15, -0.1) is 0 Å². The topological polar surface area (TPSA) is 116 Å². The molecule has 0 aliphatic carbocycles. The summed E-state index contributed by atoms with van der Waals surface area (Å²) >= 11 is 3.21. The molecule has 0 unspecified atom stereocenters. The van der Waals surface area contributed by atoms with E-state index in [1.807, 2.05) is 0 Å². The Hall–Kier alpha value is -2.55. The molecule has 2 aromatic rings. The summed E-state index contributed by atoms with van der Waals surface area (Å²) in [4.78, 5) is 26.0. The molecule has 0 aliphatic rings. The molecule has 130 valence electrons. The van der Waals surface area contributed by atoms with Gasteiger partial charge in [0.05, 0.1) is 25.8 Å². The summed E-state index contributed by atoms with van der Waals surface area (Å²) in [5.74, 6) is 0.273. The molecule has 0 amide bonds. The van der Waals surface area contributed by atoms with Crippen LogP contribution in [0.5, 0.6) is 11.8 Å². The maximum absolute atomic E-state index is 11.0.